The van der Waals surface area contributed by atoms with E-state index in [1.807, 2.05) is 11.8 Å². The first-order chi connectivity index (χ1) is 6.77. The van der Waals surface area contributed by atoms with Gasteiger partial charge in [0.2, 0.25) is 5.91 Å². The molecule has 1 saturated heterocycles. The fourth-order valence-corrected chi connectivity index (χ4v) is 2.70. The van der Waals surface area contributed by atoms with Crippen molar-refractivity contribution in [2.75, 3.05) is 31.7 Å². The fraction of sp³-hybridized carbons (Fsp3) is 0.889. The van der Waals surface area contributed by atoms with Gasteiger partial charge in [-0.25, -0.2) is 0 Å². The molecule has 82 valence electrons. The zero-order chi connectivity index (χ0) is 10.4. The number of nitrogens with one attached hydrogen (secondary N) is 1. The van der Waals surface area contributed by atoms with E-state index in [4.69, 9.17) is 10.5 Å². The van der Waals surface area contributed by atoms with Crippen LogP contribution >= 0.6 is 11.8 Å². The van der Waals surface area contributed by atoms with Gasteiger partial charge in [0, 0.05) is 20.2 Å². The van der Waals surface area contributed by atoms with Crippen molar-refractivity contribution in [1.82, 2.24) is 5.32 Å². The van der Waals surface area contributed by atoms with Crippen LogP contribution in [0.25, 0.3) is 0 Å². The molecule has 0 radical (unpaired) electrons. The van der Waals surface area contributed by atoms with Gasteiger partial charge in [0.1, 0.15) is 6.10 Å². The topological polar surface area (TPSA) is 64.3 Å². The molecule has 1 heterocycles. The van der Waals surface area contributed by atoms with Crippen LogP contribution in [0.4, 0.5) is 0 Å². The van der Waals surface area contributed by atoms with Gasteiger partial charge in [0.05, 0.1) is 0 Å². The fourth-order valence-electron chi connectivity index (χ4n) is 1.41. The number of hydrogen-bond donors (Lipinski definition) is 2. The minimum atomic E-state index is -0.496. The Labute approximate surface area is 88.9 Å². The summed E-state index contributed by atoms with van der Waals surface area (Å²) >= 11 is 1.95. The predicted molar refractivity (Wildman–Crippen MR) is 58.3 cm³/mol. The van der Waals surface area contributed by atoms with Crippen LogP contribution < -0.4 is 11.1 Å². The summed E-state index contributed by atoms with van der Waals surface area (Å²) in [5.74, 6) is 2.90. The molecular weight excluding hydrogens is 200 g/mol. The second kappa shape index (κ2) is 6.27. The average molecular weight is 218 g/mol. The predicted octanol–water partition coefficient (Wildman–Crippen LogP) is -0.171. The zero-order valence-corrected chi connectivity index (χ0v) is 9.31. The molecule has 2 unspecified atom stereocenters. The molecule has 0 saturated carbocycles. The third-order valence-electron chi connectivity index (χ3n) is 2.38. The Morgan fingerprint density at radius 3 is 3.07 bits per heavy atom. The van der Waals surface area contributed by atoms with Crippen LogP contribution in [0.2, 0.25) is 0 Å². The number of ether oxygens (including phenoxy) is 1. The number of hydrogen-bond acceptors (Lipinski definition) is 4. The standard InChI is InChI=1S/C9H18N2O2S/c1-13-8(4-10)9(12)11-5-7-2-3-14-6-7/h7-8H,2-6,10H2,1H3,(H,11,12). The maximum atomic E-state index is 11.4. The van der Waals surface area contributed by atoms with E-state index in [1.54, 1.807) is 0 Å². The molecule has 0 spiro atoms. The van der Waals surface area contributed by atoms with Gasteiger partial charge in [-0.1, -0.05) is 0 Å². The number of nitrogens with two attached hydrogens (primary N) is 1. The molecule has 4 nitrogen and oxygen atoms in total. The molecule has 0 bridgehead atoms. The summed E-state index contributed by atoms with van der Waals surface area (Å²) < 4.78 is 4.93. The Hall–Kier alpha value is -0.260. The third kappa shape index (κ3) is 3.48. The van der Waals surface area contributed by atoms with Crippen molar-refractivity contribution in [2.45, 2.75) is 12.5 Å². The molecule has 1 aliphatic heterocycles. The van der Waals surface area contributed by atoms with Crippen molar-refractivity contribution in [3.05, 3.63) is 0 Å². The zero-order valence-electron chi connectivity index (χ0n) is 8.49. The van der Waals surface area contributed by atoms with Crippen LogP contribution in [0.3, 0.4) is 0 Å². The molecule has 14 heavy (non-hydrogen) atoms. The first-order valence-electron chi connectivity index (χ1n) is 4.86. The van der Waals surface area contributed by atoms with Crippen LogP contribution in [0.15, 0.2) is 0 Å². The maximum Gasteiger partial charge on any atom is 0.250 e. The van der Waals surface area contributed by atoms with Gasteiger partial charge in [-0.05, 0) is 23.8 Å². The van der Waals surface area contributed by atoms with Gasteiger partial charge in [0.25, 0.3) is 0 Å². The summed E-state index contributed by atoms with van der Waals surface area (Å²) in [6.07, 6.45) is 0.703. The molecule has 1 rings (SSSR count). The summed E-state index contributed by atoms with van der Waals surface area (Å²) in [5.41, 5.74) is 5.38. The maximum absolute atomic E-state index is 11.4. The second-order valence-electron chi connectivity index (χ2n) is 3.43. The molecule has 1 amide bonds. The SMILES string of the molecule is COC(CN)C(=O)NCC1CCSC1. The van der Waals surface area contributed by atoms with Crippen LogP contribution in [0.1, 0.15) is 6.42 Å². The van der Waals surface area contributed by atoms with Crippen LogP contribution in [-0.2, 0) is 9.53 Å². The van der Waals surface area contributed by atoms with E-state index >= 15 is 0 Å². The highest BCUT2D eigenvalue weighted by atomic mass is 32.2. The van der Waals surface area contributed by atoms with Gasteiger partial charge >= 0.3 is 0 Å². The summed E-state index contributed by atoms with van der Waals surface area (Å²) in [6.45, 7) is 0.993. The van der Waals surface area contributed by atoms with E-state index < -0.39 is 6.10 Å². The van der Waals surface area contributed by atoms with E-state index in [9.17, 15) is 4.79 Å². The number of carbonyl (C=O) groups is 1. The van der Waals surface area contributed by atoms with E-state index in [-0.39, 0.29) is 12.5 Å². The van der Waals surface area contributed by atoms with Crippen molar-refractivity contribution >= 4 is 17.7 Å². The Balaban J connectivity index is 2.18. The molecule has 0 aromatic rings. The molecule has 3 N–H and O–H groups in total. The molecule has 1 fully saturated rings. The van der Waals surface area contributed by atoms with Crippen LogP contribution in [0.5, 0.6) is 0 Å². The number of rotatable bonds is 5. The Bertz CT molecular complexity index is 180. The van der Waals surface area contributed by atoms with Gasteiger partial charge in [-0.15, -0.1) is 0 Å². The highest BCUT2D eigenvalue weighted by Gasteiger charge is 2.19. The monoisotopic (exact) mass is 218 g/mol. The lowest BCUT2D eigenvalue weighted by Crippen LogP contribution is -2.42. The van der Waals surface area contributed by atoms with E-state index in [0.717, 1.165) is 12.3 Å². The van der Waals surface area contributed by atoms with Crippen LogP contribution in [0, 0.1) is 5.92 Å². The quantitative estimate of drug-likeness (QED) is 0.672. The average Bonchev–Trinajstić information content (AvgIpc) is 2.69. The van der Waals surface area contributed by atoms with E-state index in [0.29, 0.717) is 5.92 Å². The second-order valence-corrected chi connectivity index (χ2v) is 4.58. The Morgan fingerprint density at radius 1 is 1.79 bits per heavy atom. The molecular formula is C9H18N2O2S. The Morgan fingerprint density at radius 2 is 2.57 bits per heavy atom. The number of methoxy groups -OCH3 is 1. The van der Waals surface area contributed by atoms with Crippen molar-refractivity contribution in [3.63, 3.8) is 0 Å². The van der Waals surface area contributed by atoms with E-state index in [1.165, 1.54) is 19.3 Å². The lowest BCUT2D eigenvalue weighted by molar-refractivity contribution is -0.130. The molecule has 0 aromatic carbocycles. The minimum Gasteiger partial charge on any atom is -0.370 e. The third-order valence-corrected chi connectivity index (χ3v) is 3.61. The molecule has 0 aromatic heterocycles. The van der Waals surface area contributed by atoms with Gasteiger partial charge in [-0.2, -0.15) is 11.8 Å². The minimum absolute atomic E-state index is 0.0908. The molecule has 2 atom stereocenters. The number of amides is 1. The summed E-state index contributed by atoms with van der Waals surface area (Å²) in [5, 5.41) is 2.87. The molecule has 1 aliphatic rings. The summed E-state index contributed by atoms with van der Waals surface area (Å²) in [4.78, 5) is 11.4. The van der Waals surface area contributed by atoms with E-state index in [2.05, 4.69) is 5.32 Å². The first kappa shape index (κ1) is 11.8. The smallest absolute Gasteiger partial charge is 0.250 e. The normalized spacial score (nSPS) is 23.4. The van der Waals surface area contributed by atoms with Gasteiger partial charge in [0.15, 0.2) is 0 Å². The number of carbonyl (C=O) groups excluding carboxylic acids is 1. The summed E-state index contributed by atoms with van der Waals surface area (Å²) in [6, 6.07) is 0. The first-order valence-corrected chi connectivity index (χ1v) is 6.01. The lowest BCUT2D eigenvalue weighted by atomic mass is 10.1. The molecule has 0 aliphatic carbocycles. The molecule has 5 heteroatoms. The lowest BCUT2D eigenvalue weighted by Gasteiger charge is -2.15. The summed E-state index contributed by atoms with van der Waals surface area (Å²) in [7, 11) is 1.50. The van der Waals surface area contributed by atoms with Crippen molar-refractivity contribution in [1.29, 1.82) is 0 Å². The van der Waals surface area contributed by atoms with Gasteiger partial charge < -0.3 is 15.8 Å². The van der Waals surface area contributed by atoms with Crippen molar-refractivity contribution in [2.24, 2.45) is 11.7 Å². The highest BCUT2D eigenvalue weighted by Crippen LogP contribution is 2.22. The van der Waals surface area contributed by atoms with Crippen molar-refractivity contribution < 1.29 is 9.53 Å². The van der Waals surface area contributed by atoms with Gasteiger partial charge in [-0.3, -0.25) is 4.79 Å². The Kier molecular flexibility index (Phi) is 5.29. The van der Waals surface area contributed by atoms with Crippen molar-refractivity contribution in [3.8, 4) is 0 Å². The van der Waals surface area contributed by atoms with Crippen LogP contribution in [-0.4, -0.2) is 43.7 Å². The largest absolute Gasteiger partial charge is 0.370 e. The highest BCUT2D eigenvalue weighted by molar-refractivity contribution is 7.99. The number of thioether (sulfide) groups is 1.